The number of halogens is 1. The molecule has 0 unspecified atom stereocenters. The Labute approximate surface area is 95.8 Å². The van der Waals surface area contributed by atoms with E-state index < -0.39 is 0 Å². The molecule has 1 fully saturated rings. The van der Waals surface area contributed by atoms with Gasteiger partial charge in [-0.25, -0.2) is 0 Å². The smallest absolute Gasteiger partial charge is 0.111 e. The molecular weight excluding hydrogens is 210 g/mol. The van der Waals surface area contributed by atoms with E-state index in [2.05, 4.69) is 21.3 Å². The molecule has 84 valence electrons. The summed E-state index contributed by atoms with van der Waals surface area (Å²) in [5, 5.41) is 3.91. The van der Waals surface area contributed by atoms with E-state index in [1.165, 1.54) is 31.5 Å². The van der Waals surface area contributed by atoms with Crippen LogP contribution in [0.15, 0.2) is 6.07 Å². The molecule has 0 spiro atoms. The molecule has 0 bridgehead atoms. The summed E-state index contributed by atoms with van der Waals surface area (Å²) in [6.45, 7) is 4.25. The zero-order valence-corrected chi connectivity index (χ0v) is 9.90. The van der Waals surface area contributed by atoms with E-state index in [-0.39, 0.29) is 0 Å². The number of nitrogens with zero attached hydrogens (tertiary/aromatic N) is 1. The van der Waals surface area contributed by atoms with Crippen molar-refractivity contribution in [3.05, 3.63) is 22.5 Å². The van der Waals surface area contributed by atoms with Crippen LogP contribution in [0.3, 0.4) is 0 Å². The lowest BCUT2D eigenvalue weighted by atomic mass is 10.3. The quantitative estimate of drug-likeness (QED) is 0.824. The zero-order valence-electron chi connectivity index (χ0n) is 9.15. The van der Waals surface area contributed by atoms with Gasteiger partial charge >= 0.3 is 0 Å². The molecule has 2 rings (SSSR count). The van der Waals surface area contributed by atoms with Crippen LogP contribution in [-0.4, -0.2) is 30.0 Å². The van der Waals surface area contributed by atoms with E-state index in [9.17, 15) is 0 Å². The summed E-state index contributed by atoms with van der Waals surface area (Å²) >= 11 is 6.15. The first-order valence-corrected chi connectivity index (χ1v) is 5.90. The minimum absolute atomic E-state index is 0.798. The van der Waals surface area contributed by atoms with Crippen molar-refractivity contribution in [2.24, 2.45) is 0 Å². The number of hydrogen-bond donors (Lipinski definition) is 2. The van der Waals surface area contributed by atoms with Crippen LogP contribution in [-0.2, 0) is 13.1 Å². The summed E-state index contributed by atoms with van der Waals surface area (Å²) in [4.78, 5) is 5.65. The Bertz CT molecular complexity index is 316. The van der Waals surface area contributed by atoms with Gasteiger partial charge in [-0.1, -0.05) is 11.6 Å². The van der Waals surface area contributed by atoms with E-state index in [1.54, 1.807) is 0 Å². The zero-order chi connectivity index (χ0) is 10.7. The van der Waals surface area contributed by atoms with Gasteiger partial charge in [0.05, 0.1) is 0 Å². The van der Waals surface area contributed by atoms with E-state index in [0.29, 0.717) is 0 Å². The summed E-state index contributed by atoms with van der Waals surface area (Å²) in [5.74, 6) is 0. The van der Waals surface area contributed by atoms with Gasteiger partial charge < -0.3 is 10.3 Å². The van der Waals surface area contributed by atoms with E-state index in [4.69, 9.17) is 11.6 Å². The Balaban J connectivity index is 2.00. The number of aromatic nitrogens is 1. The SMILES string of the molecule is CNCc1cc(CN2CCCC2)c(Cl)[nH]1. The third-order valence-corrected chi connectivity index (χ3v) is 3.20. The number of aromatic amines is 1. The summed E-state index contributed by atoms with van der Waals surface area (Å²) in [6, 6.07) is 2.16. The van der Waals surface area contributed by atoms with E-state index in [0.717, 1.165) is 23.9 Å². The van der Waals surface area contributed by atoms with Gasteiger partial charge in [-0.05, 0) is 39.0 Å². The maximum atomic E-state index is 6.15. The molecule has 4 heteroatoms. The van der Waals surface area contributed by atoms with E-state index >= 15 is 0 Å². The van der Waals surface area contributed by atoms with Crippen LogP contribution < -0.4 is 5.32 Å². The van der Waals surface area contributed by atoms with Crippen molar-refractivity contribution < 1.29 is 0 Å². The topological polar surface area (TPSA) is 31.1 Å². The van der Waals surface area contributed by atoms with Gasteiger partial charge in [0.1, 0.15) is 5.15 Å². The van der Waals surface area contributed by atoms with Crippen LogP contribution in [0.4, 0.5) is 0 Å². The summed E-state index contributed by atoms with van der Waals surface area (Å²) < 4.78 is 0. The molecule has 1 aromatic heterocycles. The van der Waals surface area contributed by atoms with Crippen molar-refractivity contribution in [2.45, 2.75) is 25.9 Å². The molecule has 0 aromatic carbocycles. The van der Waals surface area contributed by atoms with Gasteiger partial charge in [0.15, 0.2) is 0 Å². The second-order valence-electron chi connectivity index (χ2n) is 4.15. The lowest BCUT2D eigenvalue weighted by molar-refractivity contribution is 0.331. The number of H-pyrrole nitrogens is 1. The van der Waals surface area contributed by atoms with Crippen molar-refractivity contribution in [1.29, 1.82) is 0 Å². The average Bonchev–Trinajstić information content (AvgIpc) is 2.79. The Morgan fingerprint density at radius 1 is 1.47 bits per heavy atom. The van der Waals surface area contributed by atoms with Crippen molar-refractivity contribution in [3.8, 4) is 0 Å². The first kappa shape index (κ1) is 11.0. The molecule has 1 aromatic rings. The normalized spacial score (nSPS) is 17.5. The number of hydrogen-bond acceptors (Lipinski definition) is 2. The lowest BCUT2D eigenvalue weighted by Crippen LogP contribution is -2.18. The highest BCUT2D eigenvalue weighted by Gasteiger charge is 2.14. The molecule has 0 amide bonds. The second kappa shape index (κ2) is 5.01. The molecule has 2 N–H and O–H groups in total. The fraction of sp³-hybridized carbons (Fsp3) is 0.636. The Morgan fingerprint density at radius 3 is 2.87 bits per heavy atom. The molecule has 1 saturated heterocycles. The fourth-order valence-corrected chi connectivity index (χ4v) is 2.35. The maximum Gasteiger partial charge on any atom is 0.111 e. The predicted molar refractivity (Wildman–Crippen MR) is 63.1 cm³/mol. The van der Waals surface area contributed by atoms with Crippen LogP contribution >= 0.6 is 11.6 Å². The molecule has 0 radical (unpaired) electrons. The number of nitrogens with one attached hydrogen (secondary N) is 2. The van der Waals surface area contributed by atoms with E-state index in [1.807, 2.05) is 7.05 Å². The Hall–Kier alpha value is -0.510. The third-order valence-electron chi connectivity index (χ3n) is 2.86. The molecule has 2 heterocycles. The molecule has 0 atom stereocenters. The monoisotopic (exact) mass is 227 g/mol. The maximum absolute atomic E-state index is 6.15. The standard InChI is InChI=1S/C11H18ClN3/c1-13-7-10-6-9(11(12)14-10)8-15-4-2-3-5-15/h6,13-14H,2-5,7-8H2,1H3. The van der Waals surface area contributed by atoms with Gasteiger partial charge in [-0.2, -0.15) is 0 Å². The molecule has 0 saturated carbocycles. The molecule has 1 aliphatic rings. The minimum Gasteiger partial charge on any atom is -0.348 e. The predicted octanol–water partition coefficient (Wildman–Crippen LogP) is 1.98. The summed E-state index contributed by atoms with van der Waals surface area (Å²) in [7, 11) is 1.94. The number of likely N-dealkylation sites (tertiary alicyclic amines) is 1. The van der Waals surface area contributed by atoms with Gasteiger partial charge in [-0.3, -0.25) is 4.90 Å². The Kier molecular flexibility index (Phi) is 3.67. The summed E-state index contributed by atoms with van der Waals surface area (Å²) in [6.07, 6.45) is 2.65. The van der Waals surface area contributed by atoms with Gasteiger partial charge in [0.25, 0.3) is 0 Å². The van der Waals surface area contributed by atoms with Crippen LogP contribution in [0.5, 0.6) is 0 Å². The lowest BCUT2D eigenvalue weighted by Gasteiger charge is -2.13. The minimum atomic E-state index is 0.798. The number of rotatable bonds is 4. The molecule has 0 aliphatic carbocycles. The average molecular weight is 228 g/mol. The fourth-order valence-electron chi connectivity index (χ4n) is 2.11. The van der Waals surface area contributed by atoms with Crippen LogP contribution in [0.25, 0.3) is 0 Å². The first-order chi connectivity index (χ1) is 7.29. The van der Waals surface area contributed by atoms with Crippen molar-refractivity contribution in [1.82, 2.24) is 15.2 Å². The van der Waals surface area contributed by atoms with Crippen molar-refractivity contribution in [3.63, 3.8) is 0 Å². The second-order valence-corrected chi connectivity index (χ2v) is 4.53. The van der Waals surface area contributed by atoms with Crippen LogP contribution in [0, 0.1) is 0 Å². The first-order valence-electron chi connectivity index (χ1n) is 5.53. The van der Waals surface area contributed by atoms with Crippen molar-refractivity contribution >= 4 is 11.6 Å². The van der Waals surface area contributed by atoms with Gasteiger partial charge in [-0.15, -0.1) is 0 Å². The van der Waals surface area contributed by atoms with Crippen molar-refractivity contribution in [2.75, 3.05) is 20.1 Å². The Morgan fingerprint density at radius 2 is 2.20 bits per heavy atom. The molecular formula is C11H18ClN3. The highest BCUT2D eigenvalue weighted by molar-refractivity contribution is 6.30. The van der Waals surface area contributed by atoms with Gasteiger partial charge in [0, 0.05) is 24.3 Å². The summed E-state index contributed by atoms with van der Waals surface area (Å²) in [5.41, 5.74) is 2.39. The largest absolute Gasteiger partial charge is 0.348 e. The molecule has 3 nitrogen and oxygen atoms in total. The highest BCUT2D eigenvalue weighted by atomic mass is 35.5. The van der Waals surface area contributed by atoms with Crippen LogP contribution in [0.1, 0.15) is 24.1 Å². The highest BCUT2D eigenvalue weighted by Crippen LogP contribution is 2.20. The third kappa shape index (κ3) is 2.74. The molecule has 1 aliphatic heterocycles. The van der Waals surface area contributed by atoms with Crippen LogP contribution in [0.2, 0.25) is 5.15 Å². The molecule has 15 heavy (non-hydrogen) atoms. The van der Waals surface area contributed by atoms with Gasteiger partial charge in [0.2, 0.25) is 0 Å².